The first kappa shape index (κ1) is 21.9. The lowest BCUT2D eigenvalue weighted by Gasteiger charge is -2.40. The quantitative estimate of drug-likeness (QED) is 0.643. The van der Waals surface area contributed by atoms with Crippen molar-refractivity contribution in [1.29, 1.82) is 0 Å². The molecule has 0 aromatic carbocycles. The van der Waals surface area contributed by atoms with Crippen LogP contribution in [-0.4, -0.2) is 59.1 Å². The third kappa shape index (κ3) is 4.69. The maximum absolute atomic E-state index is 13.8. The first-order chi connectivity index (χ1) is 13.4. The predicted molar refractivity (Wildman–Crippen MR) is 97.6 cm³/mol. The van der Waals surface area contributed by atoms with Crippen LogP contribution in [0.4, 0.5) is 18.0 Å². The fourth-order valence-corrected chi connectivity index (χ4v) is 4.73. The summed E-state index contributed by atoms with van der Waals surface area (Å²) in [6, 6.07) is 0. The van der Waals surface area contributed by atoms with Crippen LogP contribution in [-0.2, 0) is 14.3 Å². The number of carbonyl (C=O) groups excluding carboxylic acids is 3. The molecule has 0 radical (unpaired) electrons. The van der Waals surface area contributed by atoms with Crippen LogP contribution < -0.4 is 0 Å². The zero-order valence-electron chi connectivity index (χ0n) is 17.1. The van der Waals surface area contributed by atoms with Gasteiger partial charge < -0.3 is 9.64 Å². The Balaban J connectivity index is 1.71. The van der Waals surface area contributed by atoms with E-state index < -0.39 is 36.3 Å². The minimum atomic E-state index is -4.54. The van der Waals surface area contributed by atoms with Gasteiger partial charge >= 0.3 is 12.3 Å². The molecule has 6 nitrogen and oxygen atoms in total. The van der Waals surface area contributed by atoms with Crippen LogP contribution in [0.1, 0.15) is 52.9 Å². The summed E-state index contributed by atoms with van der Waals surface area (Å²) in [6.45, 7) is 4.33. The molecule has 2 heterocycles. The fraction of sp³-hybridized carbons (Fsp3) is 0.850. The number of fused-ring (bicyclic) bond motifs is 1. The molecule has 164 valence electrons. The van der Waals surface area contributed by atoms with Gasteiger partial charge in [-0.2, -0.15) is 13.2 Å². The maximum atomic E-state index is 13.8. The molecule has 4 atom stereocenters. The molecule has 3 amide bonds. The van der Waals surface area contributed by atoms with E-state index in [1.165, 1.54) is 0 Å². The van der Waals surface area contributed by atoms with Crippen molar-refractivity contribution in [3.05, 3.63) is 0 Å². The topological polar surface area (TPSA) is 66.9 Å². The summed E-state index contributed by atoms with van der Waals surface area (Å²) in [7, 11) is 0. The zero-order chi connectivity index (χ0) is 21.6. The molecule has 0 spiro atoms. The molecule has 1 saturated carbocycles. The Hall–Kier alpha value is -1.80. The van der Waals surface area contributed by atoms with Crippen LogP contribution in [0.3, 0.4) is 0 Å². The van der Waals surface area contributed by atoms with E-state index >= 15 is 0 Å². The summed E-state index contributed by atoms with van der Waals surface area (Å²) >= 11 is 0. The number of ether oxygens (including phenoxy) is 1. The first-order valence-electron chi connectivity index (χ1n) is 10.3. The highest BCUT2D eigenvalue weighted by atomic mass is 19.4. The van der Waals surface area contributed by atoms with Crippen LogP contribution in [0, 0.1) is 23.7 Å². The van der Waals surface area contributed by atoms with E-state index in [-0.39, 0.29) is 43.2 Å². The van der Waals surface area contributed by atoms with Crippen LogP contribution in [0.15, 0.2) is 0 Å². The molecule has 2 saturated heterocycles. The smallest absolute Gasteiger partial charge is 0.410 e. The highest BCUT2D eigenvalue weighted by Gasteiger charge is 2.53. The Morgan fingerprint density at radius 3 is 2.07 bits per heavy atom. The van der Waals surface area contributed by atoms with Crippen LogP contribution in [0.2, 0.25) is 0 Å². The van der Waals surface area contributed by atoms with Crippen molar-refractivity contribution in [1.82, 2.24) is 9.80 Å². The minimum absolute atomic E-state index is 0.0653. The average Bonchev–Trinajstić information content (AvgIpc) is 2.85. The first-order valence-corrected chi connectivity index (χ1v) is 10.3. The van der Waals surface area contributed by atoms with Crippen LogP contribution in [0.25, 0.3) is 0 Å². The number of likely N-dealkylation sites (tertiary alicyclic amines) is 2. The van der Waals surface area contributed by atoms with E-state index in [1.807, 2.05) is 0 Å². The second kappa shape index (κ2) is 7.80. The Kier molecular flexibility index (Phi) is 5.89. The lowest BCUT2D eigenvalue weighted by Crippen LogP contribution is -2.53. The standard InChI is InChI=1S/C20H29F3N2O4/c1-19(2,3)29-18(28)24-9-8-12(15(11-24)20(21,22)23)10-25-16(26)13-6-4-5-7-14(13)17(25)27/h12-15H,4-11H2,1-3H3. The number of carbonyl (C=O) groups is 3. The van der Waals surface area contributed by atoms with Gasteiger partial charge in [-0.05, 0) is 46.0 Å². The summed E-state index contributed by atoms with van der Waals surface area (Å²) in [4.78, 5) is 39.7. The molecular weight excluding hydrogens is 389 g/mol. The van der Waals surface area contributed by atoms with Gasteiger partial charge in [0.25, 0.3) is 0 Å². The van der Waals surface area contributed by atoms with Crippen molar-refractivity contribution in [2.75, 3.05) is 19.6 Å². The van der Waals surface area contributed by atoms with Crippen molar-refractivity contribution in [3.63, 3.8) is 0 Å². The number of hydrogen-bond donors (Lipinski definition) is 0. The van der Waals surface area contributed by atoms with E-state index in [4.69, 9.17) is 4.74 Å². The Morgan fingerprint density at radius 2 is 1.59 bits per heavy atom. The Morgan fingerprint density at radius 1 is 1.03 bits per heavy atom. The van der Waals surface area contributed by atoms with Gasteiger partial charge in [0.05, 0.1) is 17.8 Å². The zero-order valence-corrected chi connectivity index (χ0v) is 17.1. The van der Waals surface area contributed by atoms with Gasteiger partial charge in [-0.3, -0.25) is 14.5 Å². The number of rotatable bonds is 2. The van der Waals surface area contributed by atoms with E-state index in [2.05, 4.69) is 0 Å². The molecule has 2 aliphatic heterocycles. The van der Waals surface area contributed by atoms with Crippen LogP contribution in [0.5, 0.6) is 0 Å². The van der Waals surface area contributed by atoms with Crippen LogP contribution >= 0.6 is 0 Å². The molecule has 3 aliphatic rings. The molecule has 1 aliphatic carbocycles. The van der Waals surface area contributed by atoms with Gasteiger partial charge in [0, 0.05) is 19.6 Å². The molecule has 9 heteroatoms. The maximum Gasteiger partial charge on any atom is 0.410 e. The molecular formula is C20H29F3N2O4. The van der Waals surface area contributed by atoms with E-state index in [0.717, 1.165) is 22.6 Å². The van der Waals surface area contributed by atoms with Gasteiger partial charge in [0.2, 0.25) is 11.8 Å². The van der Waals surface area contributed by atoms with E-state index in [1.54, 1.807) is 20.8 Å². The number of nitrogens with zero attached hydrogens (tertiary/aromatic N) is 2. The van der Waals surface area contributed by atoms with E-state index in [0.29, 0.717) is 12.8 Å². The Bertz CT molecular complexity index is 650. The summed E-state index contributed by atoms with van der Waals surface area (Å²) in [6.07, 6.45) is -2.25. The normalized spacial score (nSPS) is 31.1. The van der Waals surface area contributed by atoms with Crippen molar-refractivity contribution >= 4 is 17.9 Å². The third-order valence-corrected chi connectivity index (χ3v) is 6.18. The molecule has 0 aromatic heterocycles. The summed E-state index contributed by atoms with van der Waals surface area (Å²) in [5.74, 6) is -4.11. The van der Waals surface area contributed by atoms with Gasteiger partial charge in [-0.15, -0.1) is 0 Å². The van der Waals surface area contributed by atoms with Crippen molar-refractivity contribution in [2.45, 2.75) is 64.7 Å². The third-order valence-electron chi connectivity index (χ3n) is 6.18. The lowest BCUT2D eigenvalue weighted by atomic mass is 9.81. The van der Waals surface area contributed by atoms with Gasteiger partial charge in [0.15, 0.2) is 0 Å². The van der Waals surface area contributed by atoms with Gasteiger partial charge in [0.1, 0.15) is 5.60 Å². The number of imide groups is 1. The monoisotopic (exact) mass is 418 g/mol. The van der Waals surface area contributed by atoms with Gasteiger partial charge in [-0.25, -0.2) is 4.79 Å². The van der Waals surface area contributed by atoms with E-state index in [9.17, 15) is 27.6 Å². The SMILES string of the molecule is CC(C)(C)OC(=O)N1CCC(CN2C(=O)C3CCCCC3C2=O)C(C(F)(F)F)C1. The molecule has 3 fully saturated rings. The van der Waals surface area contributed by atoms with Crippen molar-refractivity contribution in [3.8, 4) is 0 Å². The summed E-state index contributed by atoms with van der Waals surface area (Å²) < 4.78 is 46.5. The highest BCUT2D eigenvalue weighted by Crippen LogP contribution is 2.42. The predicted octanol–water partition coefficient (Wildman–Crippen LogP) is 3.60. The molecule has 29 heavy (non-hydrogen) atoms. The number of alkyl halides is 3. The Labute approximate surface area is 168 Å². The molecule has 0 bridgehead atoms. The number of amides is 3. The summed E-state index contributed by atoms with van der Waals surface area (Å²) in [5, 5.41) is 0. The molecule has 4 unspecified atom stereocenters. The second-order valence-corrected chi connectivity index (χ2v) is 9.41. The minimum Gasteiger partial charge on any atom is -0.444 e. The lowest BCUT2D eigenvalue weighted by molar-refractivity contribution is -0.202. The second-order valence-electron chi connectivity index (χ2n) is 9.41. The number of halogens is 3. The van der Waals surface area contributed by atoms with Gasteiger partial charge in [-0.1, -0.05) is 12.8 Å². The highest BCUT2D eigenvalue weighted by molar-refractivity contribution is 6.05. The van der Waals surface area contributed by atoms with Crippen molar-refractivity contribution in [2.24, 2.45) is 23.7 Å². The number of hydrogen-bond acceptors (Lipinski definition) is 4. The average molecular weight is 418 g/mol. The fourth-order valence-electron chi connectivity index (χ4n) is 4.73. The molecule has 0 aromatic rings. The molecule has 3 rings (SSSR count). The number of piperidine rings is 1. The largest absolute Gasteiger partial charge is 0.444 e. The summed E-state index contributed by atoms with van der Waals surface area (Å²) in [5.41, 5.74) is -0.799. The molecule has 0 N–H and O–H groups in total. The van der Waals surface area contributed by atoms with Crippen molar-refractivity contribution < 1.29 is 32.3 Å².